The minimum absolute atomic E-state index is 0.358. The smallest absolute Gasteiger partial charge is 0.335 e. The summed E-state index contributed by atoms with van der Waals surface area (Å²) in [4.78, 5) is 13.2. The van der Waals surface area contributed by atoms with Gasteiger partial charge in [-0.25, -0.2) is 4.79 Å². The molecular weight excluding hydrogens is 240 g/mol. The van der Waals surface area contributed by atoms with Crippen LogP contribution in [0.25, 0.3) is 0 Å². The Morgan fingerprint density at radius 1 is 1.53 bits per heavy atom. The van der Waals surface area contributed by atoms with E-state index in [4.69, 9.17) is 5.11 Å². The average Bonchev–Trinajstić information content (AvgIpc) is 2.81. The van der Waals surface area contributed by atoms with Gasteiger partial charge in [0.1, 0.15) is 0 Å². The van der Waals surface area contributed by atoms with Gasteiger partial charge in [0, 0.05) is 13.1 Å². The number of carboxylic acid groups (broad SMARTS) is 1. The van der Waals surface area contributed by atoms with Gasteiger partial charge in [-0.2, -0.15) is 0 Å². The molecule has 2 rings (SSSR count). The summed E-state index contributed by atoms with van der Waals surface area (Å²) in [7, 11) is 2.17. The molecule has 1 atom stereocenters. The number of likely N-dealkylation sites (tertiary alicyclic amines) is 1. The minimum Gasteiger partial charge on any atom is -0.478 e. The van der Waals surface area contributed by atoms with E-state index in [0.717, 1.165) is 24.6 Å². The summed E-state index contributed by atoms with van der Waals surface area (Å²) in [6.07, 6.45) is 2.50. The van der Waals surface area contributed by atoms with Crippen molar-refractivity contribution in [2.75, 3.05) is 26.7 Å². The van der Waals surface area contributed by atoms with Crippen LogP contribution in [0.1, 0.15) is 28.8 Å². The van der Waals surface area contributed by atoms with Gasteiger partial charge in [-0.1, -0.05) is 12.1 Å². The van der Waals surface area contributed by atoms with Gasteiger partial charge in [0.2, 0.25) is 0 Å². The zero-order valence-electron chi connectivity index (χ0n) is 11.4. The lowest BCUT2D eigenvalue weighted by Crippen LogP contribution is -2.20. The molecule has 0 aromatic heterocycles. The van der Waals surface area contributed by atoms with Crippen LogP contribution in [0.2, 0.25) is 0 Å². The van der Waals surface area contributed by atoms with E-state index in [-0.39, 0.29) is 0 Å². The molecule has 2 N–H and O–H groups in total. The molecule has 1 aromatic rings. The normalized spacial score (nSPS) is 19.7. The average molecular weight is 262 g/mol. The highest BCUT2D eigenvalue weighted by atomic mass is 16.4. The second-order valence-corrected chi connectivity index (χ2v) is 5.39. The fourth-order valence-corrected chi connectivity index (χ4v) is 2.62. The molecule has 1 aliphatic rings. The van der Waals surface area contributed by atoms with Gasteiger partial charge in [-0.05, 0) is 56.6 Å². The van der Waals surface area contributed by atoms with Crippen LogP contribution >= 0.6 is 0 Å². The zero-order valence-corrected chi connectivity index (χ0v) is 11.4. The molecule has 4 heteroatoms. The Kier molecular flexibility index (Phi) is 4.93. The maximum absolute atomic E-state index is 10.9. The van der Waals surface area contributed by atoms with Crippen LogP contribution in [-0.2, 0) is 6.54 Å². The Hall–Kier alpha value is -1.39. The Morgan fingerprint density at radius 2 is 2.37 bits per heavy atom. The first-order valence-electron chi connectivity index (χ1n) is 6.86. The van der Waals surface area contributed by atoms with Crippen molar-refractivity contribution in [2.45, 2.75) is 19.4 Å². The van der Waals surface area contributed by atoms with Crippen LogP contribution in [0.3, 0.4) is 0 Å². The number of hydrogen-bond acceptors (Lipinski definition) is 3. The first kappa shape index (κ1) is 14.0. The quantitative estimate of drug-likeness (QED) is 0.768. The summed E-state index contributed by atoms with van der Waals surface area (Å²) >= 11 is 0. The summed E-state index contributed by atoms with van der Waals surface area (Å²) in [6.45, 7) is 4.15. The fraction of sp³-hybridized carbons (Fsp3) is 0.533. The largest absolute Gasteiger partial charge is 0.478 e. The molecule has 1 heterocycles. The topological polar surface area (TPSA) is 52.6 Å². The van der Waals surface area contributed by atoms with E-state index in [9.17, 15) is 4.79 Å². The highest BCUT2D eigenvalue weighted by Gasteiger charge is 2.18. The Morgan fingerprint density at radius 3 is 3.05 bits per heavy atom. The van der Waals surface area contributed by atoms with Crippen LogP contribution in [0.4, 0.5) is 0 Å². The molecule has 0 radical (unpaired) electrons. The summed E-state index contributed by atoms with van der Waals surface area (Å²) in [5.74, 6) is -0.0568. The van der Waals surface area contributed by atoms with Crippen LogP contribution in [-0.4, -0.2) is 42.7 Å². The van der Waals surface area contributed by atoms with Crippen LogP contribution < -0.4 is 5.32 Å². The lowest BCUT2D eigenvalue weighted by molar-refractivity contribution is 0.0696. The Labute approximate surface area is 114 Å². The first-order chi connectivity index (χ1) is 9.15. The predicted octanol–water partition coefficient (Wildman–Crippen LogP) is 1.82. The molecule has 19 heavy (non-hydrogen) atoms. The van der Waals surface area contributed by atoms with Gasteiger partial charge in [0.05, 0.1) is 5.56 Å². The lowest BCUT2D eigenvalue weighted by Gasteiger charge is -2.11. The number of nitrogens with one attached hydrogen (secondary N) is 1. The van der Waals surface area contributed by atoms with E-state index >= 15 is 0 Å². The van der Waals surface area contributed by atoms with Gasteiger partial charge < -0.3 is 15.3 Å². The van der Waals surface area contributed by atoms with Gasteiger partial charge >= 0.3 is 5.97 Å². The monoisotopic (exact) mass is 262 g/mol. The number of carboxylic acids is 1. The molecule has 0 aliphatic carbocycles. The Bertz CT molecular complexity index is 434. The maximum Gasteiger partial charge on any atom is 0.335 e. The zero-order chi connectivity index (χ0) is 13.7. The molecule has 1 aliphatic heterocycles. The molecule has 1 unspecified atom stereocenters. The van der Waals surface area contributed by atoms with Crippen molar-refractivity contribution in [2.24, 2.45) is 5.92 Å². The van der Waals surface area contributed by atoms with Crippen molar-refractivity contribution in [3.63, 3.8) is 0 Å². The molecular formula is C15H22N2O2. The van der Waals surface area contributed by atoms with Gasteiger partial charge in [0.25, 0.3) is 0 Å². The third kappa shape index (κ3) is 4.33. The van der Waals surface area contributed by atoms with E-state index in [1.54, 1.807) is 18.2 Å². The molecule has 1 saturated heterocycles. The maximum atomic E-state index is 10.9. The SMILES string of the molecule is CN1CCC(CCNCc2cccc(C(=O)O)c2)C1. The van der Waals surface area contributed by atoms with E-state index in [1.165, 1.54) is 25.9 Å². The van der Waals surface area contributed by atoms with Crippen molar-refractivity contribution < 1.29 is 9.90 Å². The van der Waals surface area contributed by atoms with Gasteiger partial charge in [-0.15, -0.1) is 0 Å². The summed E-state index contributed by atoms with van der Waals surface area (Å²) in [5.41, 5.74) is 1.39. The summed E-state index contributed by atoms with van der Waals surface area (Å²) in [5, 5.41) is 12.3. The van der Waals surface area contributed by atoms with Crippen molar-refractivity contribution >= 4 is 5.97 Å². The van der Waals surface area contributed by atoms with Crippen molar-refractivity contribution in [3.05, 3.63) is 35.4 Å². The fourth-order valence-electron chi connectivity index (χ4n) is 2.62. The predicted molar refractivity (Wildman–Crippen MR) is 75.3 cm³/mol. The second kappa shape index (κ2) is 6.68. The highest BCUT2D eigenvalue weighted by Crippen LogP contribution is 2.17. The molecule has 0 bridgehead atoms. The third-order valence-corrected chi connectivity index (χ3v) is 3.72. The Balaban J connectivity index is 1.70. The van der Waals surface area contributed by atoms with E-state index in [0.29, 0.717) is 5.56 Å². The third-order valence-electron chi connectivity index (χ3n) is 3.72. The van der Waals surface area contributed by atoms with Crippen molar-refractivity contribution in [3.8, 4) is 0 Å². The number of aromatic carboxylic acids is 1. The number of nitrogens with zero attached hydrogens (tertiary/aromatic N) is 1. The van der Waals surface area contributed by atoms with Crippen LogP contribution in [0.15, 0.2) is 24.3 Å². The molecule has 1 aromatic carbocycles. The van der Waals surface area contributed by atoms with E-state index < -0.39 is 5.97 Å². The van der Waals surface area contributed by atoms with Crippen molar-refractivity contribution in [1.82, 2.24) is 10.2 Å². The summed E-state index contributed by atoms with van der Waals surface area (Å²) in [6, 6.07) is 7.12. The number of hydrogen-bond donors (Lipinski definition) is 2. The molecule has 0 spiro atoms. The van der Waals surface area contributed by atoms with E-state index in [2.05, 4.69) is 17.3 Å². The summed E-state index contributed by atoms with van der Waals surface area (Å²) < 4.78 is 0. The van der Waals surface area contributed by atoms with Crippen molar-refractivity contribution in [1.29, 1.82) is 0 Å². The number of carbonyl (C=O) groups is 1. The van der Waals surface area contributed by atoms with Gasteiger partial charge in [0.15, 0.2) is 0 Å². The van der Waals surface area contributed by atoms with Crippen LogP contribution in [0.5, 0.6) is 0 Å². The minimum atomic E-state index is -0.865. The van der Waals surface area contributed by atoms with Crippen LogP contribution in [0, 0.1) is 5.92 Å². The lowest BCUT2D eigenvalue weighted by atomic mass is 10.1. The molecule has 0 saturated carbocycles. The highest BCUT2D eigenvalue weighted by molar-refractivity contribution is 5.87. The van der Waals surface area contributed by atoms with Gasteiger partial charge in [-0.3, -0.25) is 0 Å². The second-order valence-electron chi connectivity index (χ2n) is 5.39. The van der Waals surface area contributed by atoms with E-state index in [1.807, 2.05) is 6.07 Å². The first-order valence-corrected chi connectivity index (χ1v) is 6.86. The number of rotatable bonds is 6. The molecule has 0 amide bonds. The standard InChI is InChI=1S/C15H22N2O2/c1-17-8-6-12(11-17)5-7-16-10-13-3-2-4-14(9-13)15(18)19/h2-4,9,12,16H,5-8,10-11H2,1H3,(H,18,19). The molecule has 4 nitrogen and oxygen atoms in total. The molecule has 1 fully saturated rings. The molecule has 104 valence electrons. The number of benzene rings is 1.